The van der Waals surface area contributed by atoms with Crippen LogP contribution in [0.3, 0.4) is 0 Å². The lowest BCUT2D eigenvalue weighted by Gasteiger charge is -2.20. The monoisotopic (exact) mass is 463 g/mol. The van der Waals surface area contributed by atoms with Gasteiger partial charge in [-0.1, -0.05) is 17.7 Å². The molecule has 0 atom stereocenters. The molecule has 5 rings (SSSR count). The molecule has 0 bridgehead atoms. The molecule has 2 aromatic carbocycles. The molecule has 32 heavy (non-hydrogen) atoms. The first-order valence-corrected chi connectivity index (χ1v) is 10.3. The molecular formula is C22H17ClF3N3O3. The normalized spacial score (nSPS) is 15.5. The topological polar surface area (TPSA) is 65.4 Å². The van der Waals surface area contributed by atoms with Gasteiger partial charge in [0, 0.05) is 18.1 Å². The van der Waals surface area contributed by atoms with Crippen molar-refractivity contribution in [2.45, 2.75) is 24.9 Å². The molecule has 1 amide bonds. The quantitative estimate of drug-likeness (QED) is 0.559. The Hall–Kier alpha value is -3.20. The van der Waals surface area contributed by atoms with Crippen molar-refractivity contribution in [3.05, 3.63) is 64.4 Å². The third-order valence-corrected chi connectivity index (χ3v) is 5.63. The van der Waals surface area contributed by atoms with Crippen LogP contribution >= 0.6 is 11.6 Å². The molecule has 3 aromatic rings. The summed E-state index contributed by atoms with van der Waals surface area (Å²) in [7, 11) is 0. The van der Waals surface area contributed by atoms with Gasteiger partial charge in [0.1, 0.15) is 13.2 Å². The first-order chi connectivity index (χ1) is 15.3. The average Bonchev–Trinajstić information content (AvgIpc) is 3.51. The van der Waals surface area contributed by atoms with Crippen LogP contribution in [0, 0.1) is 0 Å². The second-order valence-electron chi connectivity index (χ2n) is 7.61. The fraction of sp³-hybridized carbons (Fsp3) is 0.273. The number of nitrogens with zero attached hydrogens (tertiary/aromatic N) is 2. The van der Waals surface area contributed by atoms with E-state index in [1.54, 1.807) is 12.1 Å². The van der Waals surface area contributed by atoms with Gasteiger partial charge in [0.25, 0.3) is 5.91 Å². The molecule has 1 aromatic heterocycles. The summed E-state index contributed by atoms with van der Waals surface area (Å²) in [6.07, 6.45) is -1.45. The summed E-state index contributed by atoms with van der Waals surface area (Å²) in [5.74, 6) is 0.556. The largest absolute Gasteiger partial charge is 0.486 e. The molecule has 0 saturated heterocycles. The van der Waals surface area contributed by atoms with Crippen molar-refractivity contribution in [2.75, 3.05) is 18.5 Å². The van der Waals surface area contributed by atoms with Gasteiger partial charge < -0.3 is 14.8 Å². The lowest BCUT2D eigenvalue weighted by Crippen LogP contribution is -2.17. The van der Waals surface area contributed by atoms with Gasteiger partial charge in [0.15, 0.2) is 11.5 Å². The van der Waals surface area contributed by atoms with Gasteiger partial charge in [-0.25, -0.2) is 4.68 Å². The average molecular weight is 464 g/mol. The minimum Gasteiger partial charge on any atom is -0.486 e. The molecule has 0 spiro atoms. The summed E-state index contributed by atoms with van der Waals surface area (Å²) in [6, 6.07) is 8.04. The molecule has 1 N–H and O–H groups in total. The predicted molar refractivity (Wildman–Crippen MR) is 111 cm³/mol. The number of aromatic nitrogens is 2. The van der Waals surface area contributed by atoms with E-state index in [4.69, 9.17) is 21.1 Å². The maximum Gasteiger partial charge on any atom is 0.416 e. The van der Waals surface area contributed by atoms with Crippen molar-refractivity contribution in [1.29, 1.82) is 0 Å². The van der Waals surface area contributed by atoms with Gasteiger partial charge in [-0.15, -0.1) is 0 Å². The van der Waals surface area contributed by atoms with Crippen LogP contribution in [0.25, 0.3) is 5.69 Å². The molecule has 2 aliphatic rings. The smallest absolute Gasteiger partial charge is 0.416 e. The number of ether oxygens (including phenoxy) is 2. The van der Waals surface area contributed by atoms with E-state index in [1.165, 1.54) is 23.0 Å². The third kappa shape index (κ3) is 3.88. The molecule has 1 saturated carbocycles. The Morgan fingerprint density at radius 3 is 2.53 bits per heavy atom. The number of carbonyl (C=O) groups excluding carboxylic acids is 1. The summed E-state index contributed by atoms with van der Waals surface area (Å²) in [5, 5.41) is 7.28. The van der Waals surface area contributed by atoms with E-state index in [2.05, 4.69) is 10.4 Å². The Bertz CT molecular complexity index is 1200. The van der Waals surface area contributed by atoms with Crippen LogP contribution in [0.5, 0.6) is 11.5 Å². The van der Waals surface area contributed by atoms with Crippen molar-refractivity contribution < 1.29 is 27.4 Å². The summed E-state index contributed by atoms with van der Waals surface area (Å²) >= 11 is 6.29. The van der Waals surface area contributed by atoms with Gasteiger partial charge in [0.2, 0.25) is 0 Å². The van der Waals surface area contributed by atoms with Gasteiger partial charge >= 0.3 is 6.18 Å². The van der Waals surface area contributed by atoms with E-state index >= 15 is 0 Å². The number of alkyl halides is 3. The molecule has 0 unspecified atom stereocenters. The highest BCUT2D eigenvalue weighted by molar-refractivity contribution is 6.34. The summed E-state index contributed by atoms with van der Waals surface area (Å²) in [5.41, 5.74) is 0.681. The third-order valence-electron chi connectivity index (χ3n) is 5.31. The highest BCUT2D eigenvalue weighted by Crippen LogP contribution is 2.43. The fourth-order valence-corrected chi connectivity index (χ4v) is 3.85. The highest BCUT2D eigenvalue weighted by atomic mass is 35.5. The molecule has 1 aliphatic heterocycles. The zero-order chi connectivity index (χ0) is 22.5. The summed E-state index contributed by atoms with van der Waals surface area (Å²) < 4.78 is 51.9. The first-order valence-electron chi connectivity index (χ1n) is 9.97. The number of fused-ring (bicyclic) bond motifs is 1. The van der Waals surface area contributed by atoms with E-state index < -0.39 is 17.6 Å². The van der Waals surface area contributed by atoms with Crippen LogP contribution < -0.4 is 14.8 Å². The molecule has 6 nitrogen and oxygen atoms in total. The number of amides is 1. The molecule has 166 valence electrons. The summed E-state index contributed by atoms with van der Waals surface area (Å²) in [4.78, 5) is 13.1. The number of benzene rings is 2. The van der Waals surface area contributed by atoms with Crippen molar-refractivity contribution in [2.24, 2.45) is 0 Å². The zero-order valence-corrected chi connectivity index (χ0v) is 17.3. The van der Waals surface area contributed by atoms with E-state index in [9.17, 15) is 18.0 Å². The Balaban J connectivity index is 1.48. The van der Waals surface area contributed by atoms with Crippen molar-refractivity contribution >= 4 is 23.2 Å². The lowest BCUT2D eigenvalue weighted by molar-refractivity contribution is -0.137. The minimum atomic E-state index is -4.47. The number of anilines is 1. The Morgan fingerprint density at radius 2 is 1.84 bits per heavy atom. The Morgan fingerprint density at radius 1 is 1.12 bits per heavy atom. The fourth-order valence-electron chi connectivity index (χ4n) is 3.65. The first kappa shape index (κ1) is 20.7. The lowest BCUT2D eigenvalue weighted by atomic mass is 10.1. The second kappa shape index (κ2) is 7.74. The zero-order valence-electron chi connectivity index (χ0n) is 16.6. The number of hydrogen-bond donors (Lipinski definition) is 1. The standard InChI is InChI=1S/C22H17ClF3N3O3/c23-16-9-18-19(32-7-6-31-18)10-17(16)28-21(30)15-11-27-29(20(15)12-4-5-12)14-3-1-2-13(8-14)22(24,25)26/h1-3,8-12H,4-7H2,(H,28,30). The van der Waals surface area contributed by atoms with E-state index in [-0.39, 0.29) is 22.2 Å². The van der Waals surface area contributed by atoms with Gasteiger partial charge in [-0.05, 0) is 31.0 Å². The van der Waals surface area contributed by atoms with Crippen LogP contribution in [-0.2, 0) is 6.18 Å². The number of halogens is 4. The number of carbonyl (C=O) groups is 1. The SMILES string of the molecule is O=C(Nc1cc2c(cc1Cl)OCCO2)c1cnn(-c2cccc(C(F)(F)F)c2)c1C1CC1. The number of hydrogen-bond acceptors (Lipinski definition) is 4. The molecule has 2 heterocycles. The predicted octanol–water partition coefficient (Wildman–Crippen LogP) is 5.45. The van der Waals surface area contributed by atoms with E-state index in [0.717, 1.165) is 25.0 Å². The molecule has 0 radical (unpaired) electrons. The van der Waals surface area contributed by atoms with Crippen molar-refractivity contribution in [3.63, 3.8) is 0 Å². The van der Waals surface area contributed by atoms with E-state index in [0.29, 0.717) is 36.1 Å². The Kier molecular flexibility index (Phi) is 5.00. The maximum absolute atomic E-state index is 13.2. The highest BCUT2D eigenvalue weighted by Gasteiger charge is 2.34. The van der Waals surface area contributed by atoms with Gasteiger partial charge in [0.05, 0.1) is 39.4 Å². The van der Waals surface area contributed by atoms with E-state index in [1.807, 2.05) is 0 Å². The van der Waals surface area contributed by atoms with Crippen LogP contribution in [-0.4, -0.2) is 28.9 Å². The molecule has 1 fully saturated rings. The number of rotatable bonds is 4. The van der Waals surface area contributed by atoms with Crippen molar-refractivity contribution in [3.8, 4) is 17.2 Å². The minimum absolute atomic E-state index is 0.0449. The molecule has 1 aliphatic carbocycles. The van der Waals surface area contributed by atoms with Crippen LogP contribution in [0.1, 0.15) is 40.4 Å². The number of nitrogens with one attached hydrogen (secondary N) is 1. The molecule has 10 heteroatoms. The second-order valence-corrected chi connectivity index (χ2v) is 8.01. The Labute approximate surface area is 185 Å². The van der Waals surface area contributed by atoms with Crippen LogP contribution in [0.4, 0.5) is 18.9 Å². The molecular weight excluding hydrogens is 447 g/mol. The van der Waals surface area contributed by atoms with Crippen LogP contribution in [0.15, 0.2) is 42.6 Å². The maximum atomic E-state index is 13.2. The van der Waals surface area contributed by atoms with Crippen molar-refractivity contribution in [1.82, 2.24) is 9.78 Å². The van der Waals surface area contributed by atoms with Gasteiger partial charge in [-0.3, -0.25) is 4.79 Å². The van der Waals surface area contributed by atoms with Gasteiger partial charge in [-0.2, -0.15) is 18.3 Å². The summed E-state index contributed by atoms with van der Waals surface area (Å²) in [6.45, 7) is 0.798. The van der Waals surface area contributed by atoms with Crippen LogP contribution in [0.2, 0.25) is 5.02 Å².